The fourth-order valence-electron chi connectivity index (χ4n) is 4.98. The van der Waals surface area contributed by atoms with Gasteiger partial charge < -0.3 is 4.90 Å². The fourth-order valence-corrected chi connectivity index (χ4v) is 5.41. The van der Waals surface area contributed by atoms with Gasteiger partial charge >= 0.3 is 0 Å². The molecule has 0 radical (unpaired) electrons. The Morgan fingerprint density at radius 2 is 1.84 bits per heavy atom. The van der Waals surface area contributed by atoms with Gasteiger partial charge in [0.2, 0.25) is 0 Å². The SMILES string of the molecule is Cc1ccc(-n2c(=O)c3c(n4ncc(Cc5ccncc5)c24)CN(C(=O)c2ccc(Br)c(Cl)c2)CC3)cc1. The van der Waals surface area contributed by atoms with Crippen LogP contribution in [-0.2, 0) is 19.4 Å². The first-order valence-corrected chi connectivity index (χ1v) is 13.4. The highest BCUT2D eigenvalue weighted by molar-refractivity contribution is 9.10. The first-order valence-electron chi connectivity index (χ1n) is 12.2. The number of carbonyl (C=O) groups excluding carboxylic acids is 1. The van der Waals surface area contributed by atoms with Gasteiger partial charge in [-0.15, -0.1) is 0 Å². The van der Waals surface area contributed by atoms with Crippen molar-refractivity contribution in [1.82, 2.24) is 24.1 Å². The molecule has 38 heavy (non-hydrogen) atoms. The van der Waals surface area contributed by atoms with Crippen LogP contribution >= 0.6 is 27.5 Å². The second-order valence-corrected chi connectivity index (χ2v) is 10.7. The standard InChI is InChI=1S/C29H23BrClN5O2/c1-18-2-5-22(6-3-18)35-27-21(14-19-8-11-32-12-9-19)16-33-36(27)26-17-34(13-10-23(26)29(35)38)28(37)20-4-7-24(30)25(31)15-20/h2-9,11-12,15-16H,10,13-14,17H2,1H3. The summed E-state index contributed by atoms with van der Waals surface area (Å²) in [6, 6.07) is 17.0. The van der Waals surface area contributed by atoms with E-state index in [0.29, 0.717) is 41.2 Å². The molecule has 4 heterocycles. The minimum Gasteiger partial charge on any atom is -0.332 e. The normalized spacial score (nSPS) is 13.1. The lowest BCUT2D eigenvalue weighted by atomic mass is 10.0. The summed E-state index contributed by atoms with van der Waals surface area (Å²) >= 11 is 9.63. The van der Waals surface area contributed by atoms with E-state index in [1.54, 1.807) is 40.1 Å². The maximum absolute atomic E-state index is 14.0. The third kappa shape index (κ3) is 4.33. The molecule has 6 rings (SSSR count). The first kappa shape index (κ1) is 24.6. The van der Waals surface area contributed by atoms with Gasteiger partial charge in [-0.3, -0.25) is 19.1 Å². The number of rotatable bonds is 4. The minimum atomic E-state index is -0.134. The fraction of sp³-hybridized carbons (Fsp3) is 0.172. The molecule has 1 amide bonds. The topological polar surface area (TPSA) is 72.5 Å². The predicted molar refractivity (Wildman–Crippen MR) is 150 cm³/mol. The second-order valence-electron chi connectivity index (χ2n) is 9.44. The number of aromatic nitrogens is 4. The molecule has 0 saturated heterocycles. The Bertz CT molecular complexity index is 1750. The van der Waals surface area contributed by atoms with E-state index >= 15 is 0 Å². The van der Waals surface area contributed by atoms with Gasteiger partial charge in [0, 0.05) is 46.5 Å². The second kappa shape index (κ2) is 9.85. The molecule has 0 fully saturated rings. The van der Waals surface area contributed by atoms with E-state index in [9.17, 15) is 9.59 Å². The monoisotopic (exact) mass is 587 g/mol. The van der Waals surface area contributed by atoms with Crippen LogP contribution in [0.5, 0.6) is 0 Å². The van der Waals surface area contributed by atoms with Crippen molar-refractivity contribution in [1.29, 1.82) is 0 Å². The van der Waals surface area contributed by atoms with E-state index in [2.05, 4.69) is 20.9 Å². The van der Waals surface area contributed by atoms with Crippen molar-refractivity contribution < 1.29 is 4.79 Å². The van der Waals surface area contributed by atoms with E-state index in [0.717, 1.165) is 32.5 Å². The van der Waals surface area contributed by atoms with Crippen LogP contribution in [0.25, 0.3) is 11.3 Å². The Morgan fingerprint density at radius 3 is 2.58 bits per heavy atom. The van der Waals surface area contributed by atoms with Crippen molar-refractivity contribution in [2.75, 3.05) is 6.54 Å². The molecule has 9 heteroatoms. The van der Waals surface area contributed by atoms with Crippen molar-refractivity contribution in [2.45, 2.75) is 26.3 Å². The lowest BCUT2D eigenvalue weighted by Crippen LogP contribution is -2.41. The lowest BCUT2D eigenvalue weighted by molar-refractivity contribution is 0.0729. The summed E-state index contributed by atoms with van der Waals surface area (Å²) in [6.45, 7) is 2.73. The molecule has 3 aromatic heterocycles. The lowest BCUT2D eigenvalue weighted by Gasteiger charge is -2.30. The zero-order chi connectivity index (χ0) is 26.4. The van der Waals surface area contributed by atoms with Crippen LogP contribution in [0.1, 0.15) is 38.3 Å². The van der Waals surface area contributed by atoms with Crippen LogP contribution in [0.2, 0.25) is 5.02 Å². The van der Waals surface area contributed by atoms with E-state index in [-0.39, 0.29) is 18.0 Å². The number of pyridine rings is 1. The van der Waals surface area contributed by atoms with Crippen LogP contribution in [0.4, 0.5) is 0 Å². The van der Waals surface area contributed by atoms with E-state index in [1.807, 2.05) is 54.0 Å². The van der Waals surface area contributed by atoms with Crippen LogP contribution in [0.3, 0.4) is 0 Å². The highest BCUT2D eigenvalue weighted by atomic mass is 79.9. The maximum Gasteiger partial charge on any atom is 0.261 e. The summed E-state index contributed by atoms with van der Waals surface area (Å²) in [5.74, 6) is -0.134. The number of nitrogens with zero attached hydrogens (tertiary/aromatic N) is 5. The molecule has 5 aromatic rings. The average Bonchev–Trinajstić information content (AvgIpc) is 3.34. The summed E-state index contributed by atoms with van der Waals surface area (Å²) < 4.78 is 4.32. The molecule has 7 nitrogen and oxygen atoms in total. The number of benzene rings is 2. The first-order chi connectivity index (χ1) is 18.4. The van der Waals surface area contributed by atoms with E-state index in [1.165, 1.54) is 0 Å². The molecule has 190 valence electrons. The number of hydrogen-bond acceptors (Lipinski definition) is 4. The summed E-state index contributed by atoms with van der Waals surface area (Å²) in [5, 5.41) is 5.22. The van der Waals surface area contributed by atoms with Gasteiger partial charge in [0.15, 0.2) is 0 Å². The van der Waals surface area contributed by atoms with Crippen molar-refractivity contribution in [3.63, 3.8) is 0 Å². The van der Waals surface area contributed by atoms with Gasteiger partial charge in [-0.25, -0.2) is 4.52 Å². The number of aryl methyl sites for hydroxylation is 1. The van der Waals surface area contributed by atoms with Crippen molar-refractivity contribution >= 4 is 39.1 Å². The number of amides is 1. The summed E-state index contributed by atoms with van der Waals surface area (Å²) in [6.07, 6.45) is 6.36. The number of carbonyl (C=O) groups is 1. The molecule has 0 N–H and O–H groups in total. The molecular formula is C29H23BrClN5O2. The Hall–Kier alpha value is -3.75. The third-order valence-electron chi connectivity index (χ3n) is 6.96. The molecule has 0 bridgehead atoms. The maximum atomic E-state index is 14.0. The van der Waals surface area contributed by atoms with Gasteiger partial charge in [-0.05, 0) is 77.3 Å². The van der Waals surface area contributed by atoms with Crippen molar-refractivity contribution in [3.8, 4) is 5.69 Å². The summed E-state index contributed by atoms with van der Waals surface area (Å²) in [7, 11) is 0. The summed E-state index contributed by atoms with van der Waals surface area (Å²) in [5.41, 5.74) is 6.43. The zero-order valence-corrected chi connectivity index (χ0v) is 22.9. The highest BCUT2D eigenvalue weighted by Crippen LogP contribution is 2.27. The quantitative estimate of drug-likeness (QED) is 0.282. The molecule has 1 aliphatic heterocycles. The largest absolute Gasteiger partial charge is 0.332 e. The molecule has 2 aromatic carbocycles. The third-order valence-corrected chi connectivity index (χ3v) is 8.19. The van der Waals surface area contributed by atoms with Crippen LogP contribution in [0, 0.1) is 6.92 Å². The van der Waals surface area contributed by atoms with Gasteiger partial charge in [0.25, 0.3) is 11.5 Å². The Balaban J connectivity index is 1.49. The van der Waals surface area contributed by atoms with Gasteiger partial charge in [-0.2, -0.15) is 5.10 Å². The summed E-state index contributed by atoms with van der Waals surface area (Å²) in [4.78, 5) is 33.3. The number of hydrogen-bond donors (Lipinski definition) is 0. The molecule has 0 saturated carbocycles. The highest BCUT2D eigenvalue weighted by Gasteiger charge is 2.29. The number of fused-ring (bicyclic) bond motifs is 3. The van der Waals surface area contributed by atoms with Gasteiger partial charge in [0.05, 0.1) is 29.1 Å². The predicted octanol–water partition coefficient (Wildman–Crippen LogP) is 5.39. The zero-order valence-electron chi connectivity index (χ0n) is 20.6. The van der Waals surface area contributed by atoms with Crippen LogP contribution < -0.4 is 5.56 Å². The van der Waals surface area contributed by atoms with E-state index in [4.69, 9.17) is 16.7 Å². The molecule has 0 aliphatic carbocycles. The molecule has 0 unspecified atom stereocenters. The van der Waals surface area contributed by atoms with Gasteiger partial charge in [-0.1, -0.05) is 29.3 Å². The Labute approximate surface area is 232 Å². The minimum absolute atomic E-state index is 0.0772. The number of halogens is 2. The Morgan fingerprint density at radius 1 is 1.08 bits per heavy atom. The molecule has 0 atom stereocenters. The van der Waals surface area contributed by atoms with Crippen molar-refractivity contribution in [2.24, 2.45) is 0 Å². The van der Waals surface area contributed by atoms with Crippen LogP contribution in [-0.4, -0.2) is 36.5 Å². The van der Waals surface area contributed by atoms with Gasteiger partial charge in [0.1, 0.15) is 5.65 Å². The average molecular weight is 589 g/mol. The Kier molecular flexibility index (Phi) is 6.37. The smallest absolute Gasteiger partial charge is 0.261 e. The molecule has 0 spiro atoms. The van der Waals surface area contributed by atoms with Crippen molar-refractivity contribution in [3.05, 3.63) is 127 Å². The van der Waals surface area contributed by atoms with E-state index < -0.39 is 0 Å². The molecule has 1 aliphatic rings. The van der Waals surface area contributed by atoms with Crippen LogP contribution in [0.15, 0.2) is 82.5 Å². The molecular weight excluding hydrogens is 566 g/mol.